The molecule has 1 aromatic heterocycles. The third kappa shape index (κ3) is 3.95. The number of benzene rings is 1. The van der Waals surface area contributed by atoms with Crippen LogP contribution in [0.2, 0.25) is 0 Å². The van der Waals surface area contributed by atoms with Crippen LogP contribution in [0.15, 0.2) is 66.8 Å². The van der Waals surface area contributed by atoms with E-state index in [9.17, 15) is 0 Å². The summed E-state index contributed by atoms with van der Waals surface area (Å²) in [5.74, 6) is 0. The number of aromatic nitrogens is 1. The normalized spacial score (nSPS) is 17.9. The van der Waals surface area contributed by atoms with Gasteiger partial charge in [-0.25, -0.2) is 0 Å². The van der Waals surface area contributed by atoms with Crippen LogP contribution in [0.4, 0.5) is 0 Å². The van der Waals surface area contributed by atoms with Gasteiger partial charge in [-0.2, -0.15) is 0 Å². The van der Waals surface area contributed by atoms with Crippen LogP contribution in [0.3, 0.4) is 0 Å². The van der Waals surface area contributed by atoms with Crippen LogP contribution >= 0.6 is 0 Å². The minimum atomic E-state index is 0.257. The number of aliphatic hydroxyl groups excluding tert-OH is 1. The molecule has 124 valence electrons. The minimum absolute atomic E-state index is 0.257. The van der Waals surface area contributed by atoms with E-state index in [-0.39, 0.29) is 6.61 Å². The predicted octanol–water partition coefficient (Wildman–Crippen LogP) is 5.00. The van der Waals surface area contributed by atoms with Crippen LogP contribution in [-0.4, -0.2) is 16.3 Å². The molecule has 2 heteroatoms. The number of rotatable bonds is 5. The highest BCUT2D eigenvalue weighted by Crippen LogP contribution is 2.28. The van der Waals surface area contributed by atoms with Crippen molar-refractivity contribution in [2.24, 2.45) is 0 Å². The molecule has 0 saturated heterocycles. The van der Waals surface area contributed by atoms with Crippen LogP contribution in [0.1, 0.15) is 30.5 Å². The first-order chi connectivity index (χ1) is 11.9. The molecule has 24 heavy (non-hydrogen) atoms. The lowest BCUT2D eigenvalue weighted by Gasteiger charge is -2.12. The molecular formula is C22H25NO. The molecule has 0 spiro atoms. The van der Waals surface area contributed by atoms with E-state index in [4.69, 9.17) is 5.11 Å². The quantitative estimate of drug-likeness (QED) is 0.771. The lowest BCUT2D eigenvalue weighted by atomic mass is 10.1. The smallest absolute Gasteiger partial charge is 0.0488 e. The van der Waals surface area contributed by atoms with Gasteiger partial charge in [0.25, 0.3) is 0 Å². The third-order valence-corrected chi connectivity index (χ3v) is 4.35. The summed E-state index contributed by atoms with van der Waals surface area (Å²) in [5, 5.41) is 9.13. The Morgan fingerprint density at radius 1 is 0.958 bits per heavy atom. The van der Waals surface area contributed by atoms with Crippen molar-refractivity contribution in [2.45, 2.75) is 32.2 Å². The molecule has 0 aliphatic heterocycles. The van der Waals surface area contributed by atoms with Gasteiger partial charge in [-0.1, -0.05) is 60.7 Å². The standard InChI is InChI=1S/C22H25NO/c24-17-11-10-16-23-21-15-9-4-2-1-3-6-14-20(21)18-22(23)19-12-7-5-8-13-19/h1-3,5-9,12-13,15,18,24H,4,10-11,14,16-17H2/b2-1-,6-3-,15-9-. The van der Waals surface area contributed by atoms with Gasteiger partial charge in [-0.3, -0.25) is 0 Å². The molecule has 1 aromatic carbocycles. The summed E-state index contributed by atoms with van der Waals surface area (Å²) >= 11 is 0. The number of allylic oxidation sites excluding steroid dienone is 5. The first-order valence-corrected chi connectivity index (χ1v) is 8.77. The number of aliphatic hydroxyl groups is 1. The summed E-state index contributed by atoms with van der Waals surface area (Å²) in [5.41, 5.74) is 5.18. The molecule has 0 bridgehead atoms. The summed E-state index contributed by atoms with van der Waals surface area (Å²) < 4.78 is 2.41. The Hall–Kier alpha value is -2.32. The molecule has 2 aromatic rings. The molecule has 1 N–H and O–H groups in total. The van der Waals surface area contributed by atoms with Crippen LogP contribution in [0.25, 0.3) is 17.3 Å². The van der Waals surface area contributed by atoms with E-state index in [0.29, 0.717) is 0 Å². The van der Waals surface area contributed by atoms with E-state index in [1.807, 2.05) is 0 Å². The van der Waals surface area contributed by atoms with Crippen molar-refractivity contribution in [1.82, 2.24) is 4.57 Å². The van der Waals surface area contributed by atoms with Crippen molar-refractivity contribution in [3.8, 4) is 11.3 Å². The zero-order valence-corrected chi connectivity index (χ0v) is 14.1. The topological polar surface area (TPSA) is 25.2 Å². The Labute approximate surface area is 144 Å². The van der Waals surface area contributed by atoms with E-state index in [2.05, 4.69) is 77.4 Å². The number of unbranched alkanes of at least 4 members (excludes halogenated alkanes) is 1. The van der Waals surface area contributed by atoms with Gasteiger partial charge in [-0.15, -0.1) is 0 Å². The maximum atomic E-state index is 9.13. The first-order valence-electron chi connectivity index (χ1n) is 8.77. The molecule has 0 amide bonds. The Bertz CT molecular complexity index is 735. The van der Waals surface area contributed by atoms with Crippen molar-refractivity contribution < 1.29 is 5.11 Å². The summed E-state index contributed by atoms with van der Waals surface area (Å²) in [6.07, 6.45) is 16.9. The fourth-order valence-corrected chi connectivity index (χ4v) is 3.14. The van der Waals surface area contributed by atoms with Gasteiger partial charge in [0, 0.05) is 24.5 Å². The van der Waals surface area contributed by atoms with Crippen LogP contribution in [0.5, 0.6) is 0 Å². The van der Waals surface area contributed by atoms with Crippen molar-refractivity contribution in [2.75, 3.05) is 6.61 Å². The van der Waals surface area contributed by atoms with Crippen molar-refractivity contribution in [3.63, 3.8) is 0 Å². The van der Waals surface area contributed by atoms with Crippen LogP contribution in [0, 0.1) is 0 Å². The molecular weight excluding hydrogens is 294 g/mol. The van der Waals surface area contributed by atoms with Crippen molar-refractivity contribution >= 4 is 6.08 Å². The lowest BCUT2D eigenvalue weighted by molar-refractivity contribution is 0.281. The molecule has 0 atom stereocenters. The van der Waals surface area contributed by atoms with Gasteiger partial charge < -0.3 is 9.67 Å². The van der Waals surface area contributed by atoms with Gasteiger partial charge in [0.2, 0.25) is 0 Å². The maximum Gasteiger partial charge on any atom is 0.0488 e. The highest BCUT2D eigenvalue weighted by Gasteiger charge is 2.13. The Kier molecular flexibility index (Phi) is 5.86. The summed E-state index contributed by atoms with van der Waals surface area (Å²) in [4.78, 5) is 0. The van der Waals surface area contributed by atoms with Gasteiger partial charge in [0.05, 0.1) is 0 Å². The first kappa shape index (κ1) is 16.5. The summed E-state index contributed by atoms with van der Waals surface area (Å²) in [7, 11) is 0. The lowest BCUT2D eigenvalue weighted by Crippen LogP contribution is -2.04. The minimum Gasteiger partial charge on any atom is -0.396 e. The largest absolute Gasteiger partial charge is 0.396 e. The molecule has 0 saturated carbocycles. The fourth-order valence-electron chi connectivity index (χ4n) is 3.14. The fraction of sp³-hybridized carbons (Fsp3) is 0.273. The maximum absolute atomic E-state index is 9.13. The second-order valence-electron chi connectivity index (χ2n) is 6.09. The number of fused-ring (bicyclic) bond motifs is 1. The molecule has 1 heterocycles. The van der Waals surface area contributed by atoms with Gasteiger partial charge >= 0.3 is 0 Å². The van der Waals surface area contributed by atoms with Gasteiger partial charge in [-0.05, 0) is 49.0 Å². The van der Waals surface area contributed by atoms with Crippen molar-refractivity contribution in [3.05, 3.63) is 78.0 Å². The zero-order chi connectivity index (χ0) is 16.6. The number of hydrogen-bond acceptors (Lipinski definition) is 1. The second kappa shape index (κ2) is 8.51. The average Bonchev–Trinajstić information content (AvgIpc) is 2.97. The molecule has 0 radical (unpaired) electrons. The van der Waals surface area contributed by atoms with E-state index in [1.54, 1.807) is 0 Å². The van der Waals surface area contributed by atoms with E-state index >= 15 is 0 Å². The molecule has 0 fully saturated rings. The summed E-state index contributed by atoms with van der Waals surface area (Å²) in [6.45, 7) is 1.19. The molecule has 1 aliphatic carbocycles. The van der Waals surface area contributed by atoms with E-state index in [0.717, 1.165) is 32.2 Å². The Morgan fingerprint density at radius 3 is 2.62 bits per heavy atom. The molecule has 1 aliphatic rings. The molecule has 3 rings (SSSR count). The van der Waals surface area contributed by atoms with Crippen LogP contribution < -0.4 is 0 Å². The van der Waals surface area contributed by atoms with E-state index < -0.39 is 0 Å². The Balaban J connectivity index is 2.04. The highest BCUT2D eigenvalue weighted by molar-refractivity contribution is 5.67. The Morgan fingerprint density at radius 2 is 1.79 bits per heavy atom. The van der Waals surface area contributed by atoms with E-state index in [1.165, 1.54) is 22.5 Å². The highest BCUT2D eigenvalue weighted by atomic mass is 16.2. The third-order valence-electron chi connectivity index (χ3n) is 4.35. The SMILES string of the molecule is OCCCCn1c(-c2ccccc2)cc2c1/C=C\C/C=C\C=C/C2. The zero-order valence-electron chi connectivity index (χ0n) is 14.1. The monoisotopic (exact) mass is 319 g/mol. The molecule has 2 nitrogen and oxygen atoms in total. The number of hydrogen-bond donors (Lipinski definition) is 1. The average molecular weight is 319 g/mol. The summed E-state index contributed by atoms with van der Waals surface area (Å²) in [6, 6.07) is 12.9. The van der Waals surface area contributed by atoms with Gasteiger partial charge in [0.15, 0.2) is 0 Å². The van der Waals surface area contributed by atoms with Crippen molar-refractivity contribution in [1.29, 1.82) is 0 Å². The number of nitrogens with zero attached hydrogens (tertiary/aromatic N) is 1. The predicted molar refractivity (Wildman–Crippen MR) is 102 cm³/mol. The second-order valence-corrected chi connectivity index (χ2v) is 6.09. The molecule has 0 unspecified atom stereocenters. The van der Waals surface area contributed by atoms with Gasteiger partial charge in [0.1, 0.15) is 0 Å². The van der Waals surface area contributed by atoms with Crippen LogP contribution in [-0.2, 0) is 13.0 Å².